The van der Waals surface area contributed by atoms with Crippen LogP contribution in [0, 0.1) is 5.92 Å². The average molecular weight is 262 g/mol. The summed E-state index contributed by atoms with van der Waals surface area (Å²) in [6.07, 6.45) is 3.23. The zero-order chi connectivity index (χ0) is 12.7. The fraction of sp³-hybridized carbons (Fsp3) is 1.00. The van der Waals surface area contributed by atoms with Gasteiger partial charge in [0, 0.05) is 18.8 Å². The van der Waals surface area contributed by atoms with Crippen molar-refractivity contribution in [3.8, 4) is 0 Å². The lowest BCUT2D eigenvalue weighted by Gasteiger charge is -2.27. The molecule has 102 valence electrons. The molecule has 0 aromatic rings. The Labute approximate surface area is 106 Å². The normalized spacial score (nSPS) is 21.9. The molecule has 1 aliphatic heterocycles. The first kappa shape index (κ1) is 14.9. The van der Waals surface area contributed by atoms with Gasteiger partial charge in [-0.15, -0.1) is 0 Å². The SMILES string of the molecule is CCCS(=O)(=O)CCN(C)CC1CCCNC1. The molecular weight excluding hydrogens is 236 g/mol. The highest BCUT2D eigenvalue weighted by Gasteiger charge is 2.16. The third kappa shape index (κ3) is 6.38. The number of rotatable bonds is 7. The maximum absolute atomic E-state index is 11.6. The highest BCUT2D eigenvalue weighted by Crippen LogP contribution is 2.10. The second-order valence-electron chi connectivity index (χ2n) is 5.13. The third-order valence-corrected chi connectivity index (χ3v) is 5.10. The van der Waals surface area contributed by atoms with Crippen LogP contribution in [0.25, 0.3) is 0 Å². The van der Waals surface area contributed by atoms with Gasteiger partial charge in [0.25, 0.3) is 0 Å². The van der Waals surface area contributed by atoms with Gasteiger partial charge in [0.05, 0.1) is 5.75 Å². The van der Waals surface area contributed by atoms with Gasteiger partial charge in [-0.2, -0.15) is 0 Å². The van der Waals surface area contributed by atoms with Crippen LogP contribution in [0.3, 0.4) is 0 Å². The number of piperidine rings is 1. The molecule has 0 spiro atoms. The molecule has 0 aromatic carbocycles. The van der Waals surface area contributed by atoms with E-state index >= 15 is 0 Å². The average Bonchev–Trinajstić information content (AvgIpc) is 2.28. The fourth-order valence-electron chi connectivity index (χ4n) is 2.32. The predicted molar refractivity (Wildman–Crippen MR) is 72.0 cm³/mol. The van der Waals surface area contributed by atoms with Crippen molar-refractivity contribution in [1.29, 1.82) is 0 Å². The third-order valence-electron chi connectivity index (χ3n) is 3.27. The van der Waals surface area contributed by atoms with E-state index in [0.717, 1.165) is 26.1 Å². The number of sulfone groups is 1. The lowest BCUT2D eigenvalue weighted by molar-refractivity contribution is 0.252. The minimum atomic E-state index is -2.82. The zero-order valence-corrected chi connectivity index (χ0v) is 11.9. The largest absolute Gasteiger partial charge is 0.316 e. The molecule has 1 rings (SSSR count). The molecule has 0 aromatic heterocycles. The monoisotopic (exact) mass is 262 g/mol. The van der Waals surface area contributed by atoms with Gasteiger partial charge in [-0.05, 0) is 45.3 Å². The van der Waals surface area contributed by atoms with Crippen molar-refractivity contribution in [2.75, 3.05) is 44.7 Å². The first-order chi connectivity index (χ1) is 8.03. The second-order valence-corrected chi connectivity index (χ2v) is 7.43. The molecule has 1 heterocycles. The van der Waals surface area contributed by atoms with Crippen molar-refractivity contribution >= 4 is 9.84 Å². The molecule has 1 unspecified atom stereocenters. The van der Waals surface area contributed by atoms with E-state index in [0.29, 0.717) is 24.0 Å². The Hall–Kier alpha value is -0.130. The van der Waals surface area contributed by atoms with Crippen LogP contribution >= 0.6 is 0 Å². The number of nitrogens with zero attached hydrogens (tertiary/aromatic N) is 1. The summed E-state index contributed by atoms with van der Waals surface area (Å²) < 4.78 is 23.2. The summed E-state index contributed by atoms with van der Waals surface area (Å²) in [5.74, 6) is 1.31. The first-order valence-electron chi connectivity index (χ1n) is 6.63. The summed E-state index contributed by atoms with van der Waals surface area (Å²) >= 11 is 0. The second kappa shape index (κ2) is 7.34. The first-order valence-corrected chi connectivity index (χ1v) is 8.45. The molecule has 4 nitrogen and oxygen atoms in total. The lowest BCUT2D eigenvalue weighted by atomic mass is 9.99. The van der Waals surface area contributed by atoms with E-state index < -0.39 is 9.84 Å². The van der Waals surface area contributed by atoms with Crippen LogP contribution in [0.5, 0.6) is 0 Å². The van der Waals surface area contributed by atoms with Crippen molar-refractivity contribution in [3.63, 3.8) is 0 Å². The van der Waals surface area contributed by atoms with E-state index in [9.17, 15) is 8.42 Å². The number of nitrogens with one attached hydrogen (secondary N) is 1. The summed E-state index contributed by atoms with van der Waals surface area (Å²) in [7, 11) is -0.801. The Morgan fingerprint density at radius 3 is 2.71 bits per heavy atom. The minimum absolute atomic E-state index is 0.303. The van der Waals surface area contributed by atoms with Crippen LogP contribution in [0.2, 0.25) is 0 Å². The Kier molecular flexibility index (Phi) is 6.44. The molecular formula is C12H26N2O2S. The van der Waals surface area contributed by atoms with Gasteiger partial charge >= 0.3 is 0 Å². The molecule has 17 heavy (non-hydrogen) atoms. The summed E-state index contributed by atoms with van der Waals surface area (Å²) in [6, 6.07) is 0. The van der Waals surface area contributed by atoms with E-state index in [1.165, 1.54) is 12.8 Å². The van der Waals surface area contributed by atoms with Crippen LogP contribution in [0.4, 0.5) is 0 Å². The summed E-state index contributed by atoms with van der Waals surface area (Å²) in [5.41, 5.74) is 0. The van der Waals surface area contributed by atoms with Gasteiger partial charge in [0.2, 0.25) is 0 Å². The Bertz CT molecular complexity index is 298. The molecule has 0 amide bonds. The standard InChI is InChI=1S/C12H26N2O2S/c1-3-8-17(15,16)9-7-14(2)11-12-5-4-6-13-10-12/h12-13H,3-11H2,1-2H3. The number of hydrogen-bond acceptors (Lipinski definition) is 4. The van der Waals surface area contributed by atoms with Crippen molar-refractivity contribution in [2.45, 2.75) is 26.2 Å². The van der Waals surface area contributed by atoms with Crippen molar-refractivity contribution in [1.82, 2.24) is 10.2 Å². The van der Waals surface area contributed by atoms with Crippen LogP contribution in [-0.4, -0.2) is 58.1 Å². The maximum Gasteiger partial charge on any atom is 0.151 e. The molecule has 1 saturated heterocycles. The fourth-order valence-corrected chi connectivity index (χ4v) is 3.74. The van der Waals surface area contributed by atoms with Crippen LogP contribution in [-0.2, 0) is 9.84 Å². The van der Waals surface area contributed by atoms with E-state index in [1.807, 2.05) is 14.0 Å². The molecule has 5 heteroatoms. The molecule has 0 radical (unpaired) electrons. The van der Waals surface area contributed by atoms with Gasteiger partial charge in [-0.25, -0.2) is 8.42 Å². The zero-order valence-electron chi connectivity index (χ0n) is 11.1. The highest BCUT2D eigenvalue weighted by molar-refractivity contribution is 7.91. The summed E-state index contributed by atoms with van der Waals surface area (Å²) in [4.78, 5) is 2.16. The van der Waals surface area contributed by atoms with Gasteiger partial charge in [0.15, 0.2) is 9.84 Å². The van der Waals surface area contributed by atoms with Crippen molar-refractivity contribution in [2.24, 2.45) is 5.92 Å². The molecule has 1 aliphatic rings. The maximum atomic E-state index is 11.6. The topological polar surface area (TPSA) is 49.4 Å². The molecule has 1 N–H and O–H groups in total. The van der Waals surface area contributed by atoms with E-state index in [2.05, 4.69) is 10.2 Å². The van der Waals surface area contributed by atoms with Crippen LogP contribution < -0.4 is 5.32 Å². The van der Waals surface area contributed by atoms with Gasteiger partial charge < -0.3 is 10.2 Å². The summed E-state index contributed by atoms with van der Waals surface area (Å²) in [6.45, 7) is 5.79. The van der Waals surface area contributed by atoms with E-state index in [1.54, 1.807) is 0 Å². The van der Waals surface area contributed by atoms with E-state index in [4.69, 9.17) is 0 Å². The van der Waals surface area contributed by atoms with Gasteiger partial charge in [-0.1, -0.05) is 6.92 Å². The highest BCUT2D eigenvalue weighted by atomic mass is 32.2. The Balaban J connectivity index is 2.22. The molecule has 0 aliphatic carbocycles. The minimum Gasteiger partial charge on any atom is -0.316 e. The van der Waals surface area contributed by atoms with Gasteiger partial charge in [-0.3, -0.25) is 0 Å². The lowest BCUT2D eigenvalue weighted by Crippen LogP contribution is -2.38. The molecule has 0 bridgehead atoms. The van der Waals surface area contributed by atoms with Gasteiger partial charge in [0.1, 0.15) is 0 Å². The van der Waals surface area contributed by atoms with Crippen molar-refractivity contribution < 1.29 is 8.42 Å². The smallest absolute Gasteiger partial charge is 0.151 e. The predicted octanol–water partition coefficient (Wildman–Crippen LogP) is 0.743. The summed E-state index contributed by atoms with van der Waals surface area (Å²) in [5, 5.41) is 3.39. The number of hydrogen-bond donors (Lipinski definition) is 1. The van der Waals surface area contributed by atoms with Crippen LogP contribution in [0.1, 0.15) is 26.2 Å². The Morgan fingerprint density at radius 2 is 2.12 bits per heavy atom. The molecule has 1 atom stereocenters. The quantitative estimate of drug-likeness (QED) is 0.735. The Morgan fingerprint density at radius 1 is 1.35 bits per heavy atom. The van der Waals surface area contributed by atoms with E-state index in [-0.39, 0.29) is 0 Å². The van der Waals surface area contributed by atoms with Crippen molar-refractivity contribution in [3.05, 3.63) is 0 Å². The molecule has 1 fully saturated rings. The molecule has 0 saturated carbocycles. The van der Waals surface area contributed by atoms with Crippen LogP contribution in [0.15, 0.2) is 0 Å².